The van der Waals surface area contributed by atoms with E-state index in [2.05, 4.69) is 27.5 Å². The summed E-state index contributed by atoms with van der Waals surface area (Å²) >= 11 is 1.53. The minimum atomic E-state index is -0.731. The normalized spacial score (nSPS) is 13.1. The first kappa shape index (κ1) is 19.9. The summed E-state index contributed by atoms with van der Waals surface area (Å²) in [4.78, 5) is 31.5. The van der Waals surface area contributed by atoms with E-state index < -0.39 is 6.04 Å². The zero-order chi connectivity index (χ0) is 20.4. The Morgan fingerprint density at radius 3 is 2.82 bits per heavy atom. The molecule has 0 unspecified atom stereocenters. The summed E-state index contributed by atoms with van der Waals surface area (Å²) in [5, 5.41) is 8.99. The molecule has 0 aliphatic rings. The number of nitrogens with zero attached hydrogens (tertiary/aromatic N) is 5. The van der Waals surface area contributed by atoms with Crippen molar-refractivity contribution in [3.63, 3.8) is 0 Å². The number of carbonyl (C=O) groups excluding carboxylic acids is 1. The van der Waals surface area contributed by atoms with E-state index in [0.717, 1.165) is 29.0 Å². The van der Waals surface area contributed by atoms with Crippen LogP contribution >= 0.6 is 11.3 Å². The van der Waals surface area contributed by atoms with Crippen LogP contribution in [0.5, 0.6) is 0 Å². The van der Waals surface area contributed by atoms with Crippen LogP contribution in [-0.2, 0) is 18.3 Å². The molecule has 148 valence electrons. The van der Waals surface area contributed by atoms with E-state index in [1.54, 1.807) is 18.5 Å². The van der Waals surface area contributed by atoms with Gasteiger partial charge in [0.1, 0.15) is 10.9 Å². The van der Waals surface area contributed by atoms with Crippen molar-refractivity contribution >= 4 is 33.2 Å². The molecule has 9 heteroatoms. The lowest BCUT2D eigenvalue weighted by molar-refractivity contribution is -0.123. The molecular formula is C19H24N6O2S. The lowest BCUT2D eigenvalue weighted by atomic mass is 10.2. The smallest absolute Gasteiger partial charge is 0.263 e. The number of amides is 1. The Labute approximate surface area is 166 Å². The lowest BCUT2D eigenvalue weighted by Crippen LogP contribution is -2.34. The summed E-state index contributed by atoms with van der Waals surface area (Å²) in [6, 6.07) is 1.15. The van der Waals surface area contributed by atoms with E-state index in [-0.39, 0.29) is 11.5 Å². The zero-order valence-electron chi connectivity index (χ0n) is 16.7. The van der Waals surface area contributed by atoms with Crippen LogP contribution < -0.4 is 11.0 Å². The van der Waals surface area contributed by atoms with Gasteiger partial charge in [-0.05, 0) is 33.3 Å². The van der Waals surface area contributed by atoms with Crippen LogP contribution in [0.2, 0.25) is 0 Å². The average molecular weight is 401 g/mol. The van der Waals surface area contributed by atoms with Crippen molar-refractivity contribution < 1.29 is 4.79 Å². The first-order valence-corrected chi connectivity index (χ1v) is 9.97. The highest BCUT2D eigenvalue weighted by atomic mass is 32.1. The summed E-state index contributed by atoms with van der Waals surface area (Å²) in [5.41, 5.74) is 4.67. The molecule has 0 radical (unpaired) electrons. The van der Waals surface area contributed by atoms with Crippen molar-refractivity contribution in [3.05, 3.63) is 45.1 Å². The number of aromatic nitrogens is 4. The fourth-order valence-electron chi connectivity index (χ4n) is 3.01. The Morgan fingerprint density at radius 1 is 1.43 bits per heavy atom. The van der Waals surface area contributed by atoms with Crippen molar-refractivity contribution in [2.75, 3.05) is 0 Å². The maximum Gasteiger partial charge on any atom is 0.263 e. The van der Waals surface area contributed by atoms with Crippen molar-refractivity contribution in [1.29, 1.82) is 0 Å². The molecule has 3 rings (SSSR count). The summed E-state index contributed by atoms with van der Waals surface area (Å²) in [6.07, 6.45) is 5.20. The second-order valence-electron chi connectivity index (χ2n) is 6.79. The van der Waals surface area contributed by atoms with Gasteiger partial charge in [0.05, 0.1) is 23.1 Å². The SMILES string of the molecule is CCCc1cc2c(=O)n([C@@H](C)C(=O)N/N=C(/C)c3cn(C)nc3C)cnc2s1. The number of hydrogen-bond donors (Lipinski definition) is 1. The molecule has 0 aromatic carbocycles. The number of aryl methyl sites for hydroxylation is 3. The van der Waals surface area contributed by atoms with E-state index in [1.807, 2.05) is 26.2 Å². The third-order valence-electron chi connectivity index (χ3n) is 4.56. The largest absolute Gasteiger partial charge is 0.286 e. The quantitative estimate of drug-likeness (QED) is 0.508. The maximum absolute atomic E-state index is 12.8. The van der Waals surface area contributed by atoms with E-state index in [4.69, 9.17) is 0 Å². The highest BCUT2D eigenvalue weighted by molar-refractivity contribution is 7.18. The zero-order valence-corrected chi connectivity index (χ0v) is 17.5. The van der Waals surface area contributed by atoms with Crippen molar-refractivity contribution in [2.24, 2.45) is 12.1 Å². The third-order valence-corrected chi connectivity index (χ3v) is 5.66. The fraction of sp³-hybridized carbons (Fsp3) is 0.421. The van der Waals surface area contributed by atoms with E-state index in [9.17, 15) is 9.59 Å². The minimum absolute atomic E-state index is 0.213. The molecule has 0 bridgehead atoms. The number of fused-ring (bicyclic) bond motifs is 1. The van der Waals surface area contributed by atoms with Crippen molar-refractivity contribution in [1.82, 2.24) is 24.8 Å². The molecule has 0 spiro atoms. The first-order chi connectivity index (χ1) is 13.3. The molecular weight excluding hydrogens is 376 g/mol. The van der Waals surface area contributed by atoms with Gasteiger partial charge in [0.2, 0.25) is 0 Å². The van der Waals surface area contributed by atoms with E-state index in [0.29, 0.717) is 15.9 Å². The molecule has 3 heterocycles. The number of carbonyl (C=O) groups is 1. The summed E-state index contributed by atoms with van der Waals surface area (Å²) in [5.74, 6) is -0.381. The van der Waals surface area contributed by atoms with Gasteiger partial charge in [-0.2, -0.15) is 10.2 Å². The standard InChI is InChI=1S/C19H24N6O2S/c1-6-7-14-8-15-18(28-14)20-10-25(19(15)27)13(4)17(26)22-21-11(2)16-9-24(5)23-12(16)3/h8-10,13H,6-7H2,1-5H3,(H,22,26)/b21-11-/t13-/m0/s1. The third kappa shape index (κ3) is 3.89. The number of thiophene rings is 1. The summed E-state index contributed by atoms with van der Waals surface area (Å²) in [7, 11) is 1.83. The van der Waals surface area contributed by atoms with E-state index in [1.165, 1.54) is 22.2 Å². The predicted molar refractivity (Wildman–Crippen MR) is 111 cm³/mol. The lowest BCUT2D eigenvalue weighted by Gasteiger charge is -2.13. The molecule has 1 N–H and O–H groups in total. The second-order valence-corrected chi connectivity index (χ2v) is 7.90. The second kappa shape index (κ2) is 8.05. The molecule has 1 amide bonds. The molecule has 0 saturated carbocycles. The van der Waals surface area contributed by atoms with Crippen LogP contribution in [0.15, 0.2) is 28.5 Å². The van der Waals surface area contributed by atoms with Crippen LogP contribution in [0.3, 0.4) is 0 Å². The fourth-order valence-corrected chi connectivity index (χ4v) is 4.09. The number of hydrazone groups is 1. The van der Waals surface area contributed by atoms with Crippen LogP contribution in [0.4, 0.5) is 0 Å². The summed E-state index contributed by atoms with van der Waals surface area (Å²) in [6.45, 7) is 7.43. The van der Waals surface area contributed by atoms with E-state index >= 15 is 0 Å². The minimum Gasteiger partial charge on any atom is -0.286 e. The molecule has 1 atom stereocenters. The van der Waals surface area contributed by atoms with Gasteiger partial charge >= 0.3 is 0 Å². The summed E-state index contributed by atoms with van der Waals surface area (Å²) < 4.78 is 3.04. The average Bonchev–Trinajstić information content (AvgIpc) is 3.22. The molecule has 3 aromatic heterocycles. The predicted octanol–water partition coefficient (Wildman–Crippen LogP) is 2.55. The Bertz CT molecular complexity index is 1110. The van der Waals surface area contributed by atoms with Gasteiger partial charge in [0, 0.05) is 23.7 Å². The molecule has 0 aliphatic carbocycles. The first-order valence-electron chi connectivity index (χ1n) is 9.16. The van der Waals surface area contributed by atoms with Gasteiger partial charge in [0.15, 0.2) is 0 Å². The Kier molecular flexibility index (Phi) is 5.73. The molecule has 0 saturated heterocycles. The highest BCUT2D eigenvalue weighted by Gasteiger charge is 2.19. The maximum atomic E-state index is 12.8. The van der Waals surface area contributed by atoms with Crippen LogP contribution in [0.25, 0.3) is 10.2 Å². The van der Waals surface area contributed by atoms with Gasteiger partial charge in [0.25, 0.3) is 11.5 Å². The van der Waals surface area contributed by atoms with Gasteiger partial charge in [-0.3, -0.25) is 18.8 Å². The van der Waals surface area contributed by atoms with Crippen molar-refractivity contribution in [3.8, 4) is 0 Å². The number of hydrogen-bond acceptors (Lipinski definition) is 6. The van der Waals surface area contributed by atoms with Crippen LogP contribution in [-0.4, -0.2) is 31.0 Å². The Balaban J connectivity index is 1.81. The topological polar surface area (TPSA) is 94.2 Å². The molecule has 8 nitrogen and oxygen atoms in total. The molecule has 0 fully saturated rings. The van der Waals surface area contributed by atoms with Gasteiger partial charge in [-0.1, -0.05) is 13.3 Å². The highest BCUT2D eigenvalue weighted by Crippen LogP contribution is 2.22. The van der Waals surface area contributed by atoms with Crippen LogP contribution in [0.1, 0.15) is 49.4 Å². The van der Waals surface area contributed by atoms with Crippen molar-refractivity contribution in [2.45, 2.75) is 46.6 Å². The monoisotopic (exact) mass is 400 g/mol. The molecule has 3 aromatic rings. The Hall–Kier alpha value is -2.81. The van der Waals surface area contributed by atoms with Gasteiger partial charge in [-0.15, -0.1) is 11.3 Å². The Morgan fingerprint density at radius 2 is 2.18 bits per heavy atom. The molecule has 28 heavy (non-hydrogen) atoms. The number of rotatable bonds is 6. The van der Waals surface area contributed by atoms with Gasteiger partial charge in [-0.25, -0.2) is 10.4 Å². The van der Waals surface area contributed by atoms with Crippen LogP contribution in [0, 0.1) is 6.92 Å². The number of nitrogens with one attached hydrogen (secondary N) is 1. The molecule has 0 aliphatic heterocycles. The van der Waals surface area contributed by atoms with Gasteiger partial charge < -0.3 is 0 Å².